The smallest absolute Gasteiger partial charge is 0.220 e. The van der Waals surface area contributed by atoms with E-state index in [1.165, 1.54) is 22.4 Å². The Kier molecular flexibility index (Phi) is 6.74. The molecule has 1 aliphatic carbocycles. The van der Waals surface area contributed by atoms with Gasteiger partial charge in [-0.15, -0.1) is 11.3 Å². The SMILES string of the molecule is O=C(CCC(=O)c1ccc2c(c1)CCC2)NC[C@@H](c1cccs1)N1CCOCC1. The number of nitrogens with zero attached hydrogens (tertiary/aromatic N) is 1. The highest BCUT2D eigenvalue weighted by molar-refractivity contribution is 7.10. The molecule has 1 fully saturated rings. The van der Waals surface area contributed by atoms with E-state index < -0.39 is 0 Å². The van der Waals surface area contributed by atoms with Gasteiger partial charge in [-0.1, -0.05) is 18.2 Å². The number of hydrogen-bond donors (Lipinski definition) is 1. The molecule has 1 aromatic carbocycles. The van der Waals surface area contributed by atoms with Gasteiger partial charge in [-0.25, -0.2) is 0 Å². The van der Waals surface area contributed by atoms with Crippen molar-refractivity contribution < 1.29 is 14.3 Å². The first kappa shape index (κ1) is 20.3. The van der Waals surface area contributed by atoms with Gasteiger partial charge in [0.1, 0.15) is 0 Å². The summed E-state index contributed by atoms with van der Waals surface area (Å²) < 4.78 is 5.46. The lowest BCUT2D eigenvalue weighted by atomic mass is 10.0. The number of ether oxygens (including phenoxy) is 1. The van der Waals surface area contributed by atoms with E-state index in [1.54, 1.807) is 11.3 Å². The van der Waals surface area contributed by atoms with Gasteiger partial charge in [-0.3, -0.25) is 14.5 Å². The van der Waals surface area contributed by atoms with Crippen LogP contribution in [0.4, 0.5) is 0 Å². The molecule has 0 radical (unpaired) electrons. The summed E-state index contributed by atoms with van der Waals surface area (Å²) in [6.45, 7) is 3.76. The van der Waals surface area contributed by atoms with Crippen molar-refractivity contribution in [1.29, 1.82) is 0 Å². The molecule has 1 N–H and O–H groups in total. The predicted molar refractivity (Wildman–Crippen MR) is 114 cm³/mol. The molecular formula is C23H28N2O3S. The fraction of sp³-hybridized carbons (Fsp3) is 0.478. The number of carbonyl (C=O) groups is 2. The molecule has 2 aromatic rings. The third kappa shape index (κ3) is 5.13. The van der Waals surface area contributed by atoms with E-state index in [0.29, 0.717) is 6.54 Å². The van der Waals surface area contributed by atoms with Crippen molar-refractivity contribution in [3.8, 4) is 0 Å². The van der Waals surface area contributed by atoms with E-state index in [-0.39, 0.29) is 30.6 Å². The summed E-state index contributed by atoms with van der Waals surface area (Å²) in [4.78, 5) is 28.6. The molecule has 0 bridgehead atoms. The Morgan fingerprint density at radius 3 is 2.72 bits per heavy atom. The van der Waals surface area contributed by atoms with Crippen molar-refractivity contribution in [1.82, 2.24) is 10.2 Å². The number of morpholine rings is 1. The number of rotatable bonds is 8. The van der Waals surface area contributed by atoms with Gasteiger partial charge in [0, 0.05) is 42.9 Å². The Morgan fingerprint density at radius 2 is 1.93 bits per heavy atom. The number of thiophene rings is 1. The van der Waals surface area contributed by atoms with Crippen LogP contribution < -0.4 is 5.32 Å². The summed E-state index contributed by atoms with van der Waals surface area (Å²) in [5.74, 6) is -0.00726. The number of aryl methyl sites for hydroxylation is 2. The number of benzene rings is 1. The van der Waals surface area contributed by atoms with Crippen LogP contribution in [-0.2, 0) is 22.4 Å². The van der Waals surface area contributed by atoms with Gasteiger partial charge in [-0.2, -0.15) is 0 Å². The first-order chi connectivity index (χ1) is 14.2. The van der Waals surface area contributed by atoms with Crippen LogP contribution in [0.25, 0.3) is 0 Å². The van der Waals surface area contributed by atoms with Gasteiger partial charge in [0.05, 0.1) is 19.3 Å². The first-order valence-electron chi connectivity index (χ1n) is 10.5. The molecule has 2 aliphatic rings. The van der Waals surface area contributed by atoms with Crippen molar-refractivity contribution in [2.24, 2.45) is 0 Å². The molecule has 2 heterocycles. The molecule has 1 aliphatic heterocycles. The third-order valence-electron chi connectivity index (χ3n) is 5.85. The van der Waals surface area contributed by atoms with Gasteiger partial charge in [0.25, 0.3) is 0 Å². The summed E-state index contributed by atoms with van der Waals surface area (Å²) in [7, 11) is 0. The number of hydrogen-bond acceptors (Lipinski definition) is 5. The average molecular weight is 413 g/mol. The molecule has 29 heavy (non-hydrogen) atoms. The van der Waals surface area contributed by atoms with E-state index in [4.69, 9.17) is 4.74 Å². The molecule has 0 saturated carbocycles. The molecule has 1 amide bonds. The largest absolute Gasteiger partial charge is 0.379 e. The van der Waals surface area contributed by atoms with Crippen molar-refractivity contribution in [3.63, 3.8) is 0 Å². The second-order valence-electron chi connectivity index (χ2n) is 7.74. The Hall–Kier alpha value is -2.02. The van der Waals surface area contributed by atoms with E-state index >= 15 is 0 Å². The summed E-state index contributed by atoms with van der Waals surface area (Å²) >= 11 is 1.71. The standard InChI is InChI=1S/C23H28N2O3S/c26-21(19-7-6-17-3-1-4-18(17)15-19)8-9-23(27)24-16-20(22-5-2-14-29-22)25-10-12-28-13-11-25/h2,5-7,14-15,20H,1,3-4,8-13,16H2,(H,24,27)/t20-/m0/s1. The van der Waals surface area contributed by atoms with Crippen molar-refractivity contribution in [2.75, 3.05) is 32.8 Å². The fourth-order valence-electron chi connectivity index (χ4n) is 4.20. The average Bonchev–Trinajstić information content (AvgIpc) is 3.44. The topological polar surface area (TPSA) is 58.6 Å². The number of Topliss-reactive ketones (excluding diaryl/α,β-unsaturated/α-hetero) is 1. The molecule has 1 saturated heterocycles. The molecule has 1 aromatic heterocycles. The molecule has 154 valence electrons. The number of fused-ring (bicyclic) bond motifs is 1. The van der Waals surface area contributed by atoms with Gasteiger partial charge in [0.2, 0.25) is 5.91 Å². The van der Waals surface area contributed by atoms with Crippen LogP contribution in [0.5, 0.6) is 0 Å². The van der Waals surface area contributed by atoms with Crippen molar-refractivity contribution in [3.05, 3.63) is 57.3 Å². The molecule has 0 spiro atoms. The summed E-state index contributed by atoms with van der Waals surface area (Å²) in [6, 6.07) is 10.3. The second-order valence-corrected chi connectivity index (χ2v) is 8.72. The first-order valence-corrected chi connectivity index (χ1v) is 11.4. The van der Waals surface area contributed by atoms with E-state index in [0.717, 1.165) is 44.7 Å². The maximum Gasteiger partial charge on any atom is 0.220 e. The molecular weight excluding hydrogens is 384 g/mol. The summed E-state index contributed by atoms with van der Waals surface area (Å²) in [5.41, 5.74) is 3.40. The highest BCUT2D eigenvalue weighted by atomic mass is 32.1. The minimum atomic E-state index is -0.0608. The summed E-state index contributed by atoms with van der Waals surface area (Å²) in [5, 5.41) is 5.12. The minimum absolute atomic E-state index is 0.0536. The number of carbonyl (C=O) groups excluding carboxylic acids is 2. The maximum atomic E-state index is 12.5. The van der Waals surface area contributed by atoms with Crippen LogP contribution in [0.2, 0.25) is 0 Å². The van der Waals surface area contributed by atoms with Crippen molar-refractivity contribution >= 4 is 23.0 Å². The molecule has 5 nitrogen and oxygen atoms in total. The number of amides is 1. The maximum absolute atomic E-state index is 12.5. The van der Waals surface area contributed by atoms with Crippen molar-refractivity contribution in [2.45, 2.75) is 38.1 Å². The third-order valence-corrected chi connectivity index (χ3v) is 6.82. The lowest BCUT2D eigenvalue weighted by Gasteiger charge is -2.34. The van der Waals surface area contributed by atoms with E-state index in [2.05, 4.69) is 27.7 Å². The lowest BCUT2D eigenvalue weighted by molar-refractivity contribution is -0.121. The predicted octanol–water partition coefficient (Wildman–Crippen LogP) is 3.39. The van der Waals surface area contributed by atoms with Crippen LogP contribution in [0.1, 0.15) is 51.7 Å². The number of nitrogens with one attached hydrogen (secondary N) is 1. The molecule has 1 atom stereocenters. The molecule has 6 heteroatoms. The minimum Gasteiger partial charge on any atom is -0.379 e. The molecule has 0 unspecified atom stereocenters. The summed E-state index contributed by atoms with van der Waals surface area (Å²) in [6.07, 6.45) is 3.83. The van der Waals surface area contributed by atoms with Gasteiger partial charge >= 0.3 is 0 Å². The lowest BCUT2D eigenvalue weighted by Crippen LogP contribution is -2.43. The Balaban J connectivity index is 1.28. The Morgan fingerprint density at radius 1 is 1.10 bits per heavy atom. The van der Waals surface area contributed by atoms with Crippen LogP contribution in [-0.4, -0.2) is 49.4 Å². The van der Waals surface area contributed by atoms with Crippen LogP contribution >= 0.6 is 11.3 Å². The van der Waals surface area contributed by atoms with Gasteiger partial charge < -0.3 is 10.1 Å². The van der Waals surface area contributed by atoms with Crippen LogP contribution in [0, 0.1) is 0 Å². The Labute approximate surface area is 176 Å². The Bertz CT molecular complexity index is 844. The number of ketones is 1. The fourth-order valence-corrected chi connectivity index (χ4v) is 5.06. The highest BCUT2D eigenvalue weighted by Crippen LogP contribution is 2.26. The van der Waals surface area contributed by atoms with Gasteiger partial charge in [0.15, 0.2) is 5.78 Å². The monoisotopic (exact) mass is 412 g/mol. The highest BCUT2D eigenvalue weighted by Gasteiger charge is 2.24. The van der Waals surface area contributed by atoms with Crippen LogP contribution in [0.15, 0.2) is 35.7 Å². The zero-order valence-electron chi connectivity index (χ0n) is 16.7. The van der Waals surface area contributed by atoms with Gasteiger partial charge in [-0.05, 0) is 47.9 Å². The zero-order valence-corrected chi connectivity index (χ0v) is 17.5. The molecule has 4 rings (SSSR count). The zero-order chi connectivity index (χ0) is 20.1. The quantitative estimate of drug-likeness (QED) is 0.675. The normalized spacial score (nSPS) is 17.7. The van der Waals surface area contributed by atoms with Crippen LogP contribution in [0.3, 0.4) is 0 Å². The second kappa shape index (κ2) is 9.65. The van der Waals surface area contributed by atoms with E-state index in [9.17, 15) is 9.59 Å². The van der Waals surface area contributed by atoms with E-state index in [1.807, 2.05) is 18.2 Å².